The predicted octanol–water partition coefficient (Wildman–Crippen LogP) is 1.20. The van der Waals surface area contributed by atoms with Gasteiger partial charge in [0.1, 0.15) is 0 Å². The highest BCUT2D eigenvalue weighted by Gasteiger charge is 2.18. The van der Waals surface area contributed by atoms with Crippen LogP contribution in [0.4, 0.5) is 0 Å². The van der Waals surface area contributed by atoms with Crippen LogP contribution in [-0.2, 0) is 4.79 Å². The maximum absolute atomic E-state index is 11.8. The Labute approximate surface area is 106 Å². The summed E-state index contributed by atoms with van der Waals surface area (Å²) in [6.45, 7) is 4.02. The van der Waals surface area contributed by atoms with Crippen molar-refractivity contribution < 1.29 is 14.3 Å². The van der Waals surface area contributed by atoms with Crippen LogP contribution >= 0.6 is 0 Å². The molecule has 0 bridgehead atoms. The average Bonchev–Trinajstić information content (AvgIpc) is 2.84. The van der Waals surface area contributed by atoms with Crippen molar-refractivity contribution in [1.82, 2.24) is 10.6 Å². The molecule has 5 heteroatoms. The monoisotopic (exact) mass is 250 g/mol. The van der Waals surface area contributed by atoms with Crippen molar-refractivity contribution in [3.8, 4) is 11.5 Å². The molecule has 1 aliphatic rings. The summed E-state index contributed by atoms with van der Waals surface area (Å²) in [5, 5.41) is 5.85. The molecule has 1 aliphatic heterocycles. The number of nitrogens with one attached hydrogen (secondary N) is 2. The lowest BCUT2D eigenvalue weighted by atomic mass is 10.1. The Morgan fingerprint density at radius 3 is 2.72 bits per heavy atom. The van der Waals surface area contributed by atoms with Gasteiger partial charge in [-0.1, -0.05) is 6.07 Å². The number of hydrogen-bond donors (Lipinski definition) is 2. The van der Waals surface area contributed by atoms with E-state index in [-0.39, 0.29) is 24.8 Å². The van der Waals surface area contributed by atoms with Crippen LogP contribution in [0.1, 0.15) is 25.5 Å². The van der Waals surface area contributed by atoms with Crippen LogP contribution in [0.3, 0.4) is 0 Å². The number of likely N-dealkylation sites (N-methyl/N-ethyl adjacent to an activating group) is 1. The van der Waals surface area contributed by atoms with E-state index >= 15 is 0 Å². The number of ether oxygens (including phenoxy) is 2. The van der Waals surface area contributed by atoms with Crippen molar-refractivity contribution in [1.29, 1.82) is 0 Å². The minimum atomic E-state index is -0.207. The second kappa shape index (κ2) is 5.27. The Hall–Kier alpha value is -1.75. The molecule has 2 atom stereocenters. The minimum Gasteiger partial charge on any atom is -0.454 e. The molecule has 2 N–H and O–H groups in total. The predicted molar refractivity (Wildman–Crippen MR) is 67.6 cm³/mol. The fourth-order valence-corrected chi connectivity index (χ4v) is 1.74. The molecule has 2 rings (SSSR count). The van der Waals surface area contributed by atoms with Gasteiger partial charge in [0.2, 0.25) is 12.7 Å². The summed E-state index contributed by atoms with van der Waals surface area (Å²) in [7, 11) is 1.76. The van der Waals surface area contributed by atoms with Crippen LogP contribution in [0.2, 0.25) is 0 Å². The number of hydrogen-bond acceptors (Lipinski definition) is 4. The molecule has 0 aliphatic carbocycles. The van der Waals surface area contributed by atoms with Crippen molar-refractivity contribution >= 4 is 5.91 Å². The van der Waals surface area contributed by atoms with Gasteiger partial charge in [-0.2, -0.15) is 0 Å². The zero-order chi connectivity index (χ0) is 13.1. The molecule has 0 saturated heterocycles. The maximum Gasteiger partial charge on any atom is 0.237 e. The Balaban J connectivity index is 2.05. The van der Waals surface area contributed by atoms with Gasteiger partial charge in [-0.3, -0.25) is 4.79 Å². The molecule has 0 fully saturated rings. The summed E-state index contributed by atoms with van der Waals surface area (Å²) in [6.07, 6.45) is 0. The first-order valence-corrected chi connectivity index (χ1v) is 5.99. The summed E-state index contributed by atoms with van der Waals surface area (Å²) >= 11 is 0. The van der Waals surface area contributed by atoms with E-state index in [0.717, 1.165) is 17.1 Å². The summed E-state index contributed by atoms with van der Waals surface area (Å²) in [5.74, 6) is 1.46. The van der Waals surface area contributed by atoms with E-state index in [1.807, 2.05) is 32.0 Å². The van der Waals surface area contributed by atoms with Crippen molar-refractivity contribution in [3.63, 3.8) is 0 Å². The highest BCUT2D eigenvalue weighted by atomic mass is 16.7. The Bertz CT molecular complexity index is 448. The number of carbonyl (C=O) groups is 1. The number of carbonyl (C=O) groups excluding carboxylic acids is 1. The van der Waals surface area contributed by atoms with Gasteiger partial charge in [0.25, 0.3) is 0 Å². The molecular formula is C13H18N2O3. The molecule has 18 heavy (non-hydrogen) atoms. The Morgan fingerprint density at radius 1 is 1.28 bits per heavy atom. The van der Waals surface area contributed by atoms with E-state index in [4.69, 9.17) is 9.47 Å². The molecule has 0 radical (unpaired) electrons. The molecular weight excluding hydrogens is 232 g/mol. The fourth-order valence-electron chi connectivity index (χ4n) is 1.74. The van der Waals surface area contributed by atoms with Crippen LogP contribution in [-0.4, -0.2) is 25.8 Å². The lowest BCUT2D eigenvalue weighted by molar-refractivity contribution is -0.123. The lowest BCUT2D eigenvalue weighted by Crippen LogP contribution is -2.41. The smallest absolute Gasteiger partial charge is 0.237 e. The average molecular weight is 250 g/mol. The van der Waals surface area contributed by atoms with Gasteiger partial charge in [0, 0.05) is 0 Å². The third-order valence-corrected chi connectivity index (χ3v) is 3.08. The first kappa shape index (κ1) is 12.7. The number of fused-ring (bicyclic) bond motifs is 1. The Kier molecular flexibility index (Phi) is 3.72. The first-order valence-electron chi connectivity index (χ1n) is 5.99. The lowest BCUT2D eigenvalue weighted by Gasteiger charge is -2.17. The topological polar surface area (TPSA) is 59.6 Å². The summed E-state index contributed by atoms with van der Waals surface area (Å²) in [5.41, 5.74) is 0.996. The SMILES string of the molecule is CNC(C)C(=O)NC(C)c1ccc2c(c1)OCO2. The normalized spacial score (nSPS) is 16.2. The number of rotatable bonds is 4. The zero-order valence-electron chi connectivity index (χ0n) is 10.8. The molecule has 1 amide bonds. The van der Waals surface area contributed by atoms with Gasteiger partial charge in [0.15, 0.2) is 11.5 Å². The van der Waals surface area contributed by atoms with Crippen molar-refractivity contribution in [2.45, 2.75) is 25.9 Å². The quantitative estimate of drug-likeness (QED) is 0.843. The zero-order valence-corrected chi connectivity index (χ0v) is 10.8. The third kappa shape index (κ3) is 2.56. The third-order valence-electron chi connectivity index (χ3n) is 3.08. The summed E-state index contributed by atoms with van der Waals surface area (Å²) in [6, 6.07) is 5.42. The van der Waals surface area contributed by atoms with Crippen molar-refractivity contribution in [2.24, 2.45) is 0 Å². The van der Waals surface area contributed by atoms with Crippen LogP contribution in [0.25, 0.3) is 0 Å². The molecule has 1 aromatic carbocycles. The van der Waals surface area contributed by atoms with Crippen molar-refractivity contribution in [2.75, 3.05) is 13.8 Å². The molecule has 0 spiro atoms. The Morgan fingerprint density at radius 2 is 2.00 bits per heavy atom. The van der Waals surface area contributed by atoms with E-state index in [2.05, 4.69) is 10.6 Å². The van der Waals surface area contributed by atoms with Crippen LogP contribution in [0.5, 0.6) is 11.5 Å². The van der Waals surface area contributed by atoms with E-state index in [0.29, 0.717) is 0 Å². The molecule has 1 aromatic rings. The molecule has 0 aromatic heterocycles. The molecule has 98 valence electrons. The first-order chi connectivity index (χ1) is 8.61. The molecule has 0 saturated carbocycles. The van der Waals surface area contributed by atoms with E-state index in [1.54, 1.807) is 7.05 Å². The van der Waals surface area contributed by atoms with Crippen LogP contribution < -0.4 is 20.1 Å². The highest BCUT2D eigenvalue weighted by Crippen LogP contribution is 2.34. The maximum atomic E-state index is 11.8. The van der Waals surface area contributed by atoms with Gasteiger partial charge in [-0.05, 0) is 38.6 Å². The molecule has 2 unspecified atom stereocenters. The second-order valence-corrected chi connectivity index (χ2v) is 4.35. The van der Waals surface area contributed by atoms with Gasteiger partial charge < -0.3 is 20.1 Å². The van der Waals surface area contributed by atoms with Gasteiger partial charge in [0.05, 0.1) is 12.1 Å². The minimum absolute atomic E-state index is 0.0253. The van der Waals surface area contributed by atoms with E-state index in [9.17, 15) is 4.79 Å². The van der Waals surface area contributed by atoms with E-state index in [1.165, 1.54) is 0 Å². The van der Waals surface area contributed by atoms with Gasteiger partial charge in [-0.25, -0.2) is 0 Å². The standard InChI is InChI=1S/C13H18N2O3/c1-8(15-13(16)9(2)14-3)10-4-5-11-12(6-10)18-7-17-11/h4-6,8-9,14H,7H2,1-3H3,(H,15,16). The highest BCUT2D eigenvalue weighted by molar-refractivity contribution is 5.81. The summed E-state index contributed by atoms with van der Waals surface area (Å²) in [4.78, 5) is 11.8. The van der Waals surface area contributed by atoms with Crippen LogP contribution in [0, 0.1) is 0 Å². The van der Waals surface area contributed by atoms with Crippen molar-refractivity contribution in [3.05, 3.63) is 23.8 Å². The summed E-state index contributed by atoms with van der Waals surface area (Å²) < 4.78 is 10.6. The molecule has 1 heterocycles. The second-order valence-electron chi connectivity index (χ2n) is 4.35. The fraction of sp³-hybridized carbons (Fsp3) is 0.462. The number of benzene rings is 1. The largest absolute Gasteiger partial charge is 0.454 e. The molecule has 5 nitrogen and oxygen atoms in total. The number of amides is 1. The van der Waals surface area contributed by atoms with Gasteiger partial charge >= 0.3 is 0 Å². The van der Waals surface area contributed by atoms with Crippen LogP contribution in [0.15, 0.2) is 18.2 Å². The van der Waals surface area contributed by atoms with E-state index < -0.39 is 0 Å². The van der Waals surface area contributed by atoms with Gasteiger partial charge in [-0.15, -0.1) is 0 Å².